The smallest absolute Gasteiger partial charge is 0.322 e. The third-order valence-corrected chi connectivity index (χ3v) is 3.75. The Kier molecular flexibility index (Phi) is 3.32. The summed E-state index contributed by atoms with van der Waals surface area (Å²) in [5.41, 5.74) is 1.76. The highest BCUT2D eigenvalue weighted by Crippen LogP contribution is 2.24. The van der Waals surface area contributed by atoms with E-state index in [1.807, 2.05) is 0 Å². The molecule has 2 heterocycles. The topological polar surface area (TPSA) is 78.5 Å². The van der Waals surface area contributed by atoms with Crippen molar-refractivity contribution in [1.82, 2.24) is 15.5 Å². The molecule has 2 aliphatic rings. The lowest BCUT2D eigenvalue weighted by Crippen LogP contribution is -2.32. The van der Waals surface area contributed by atoms with Crippen LogP contribution in [0.15, 0.2) is 18.2 Å². The van der Waals surface area contributed by atoms with Crippen LogP contribution in [0.3, 0.4) is 0 Å². The van der Waals surface area contributed by atoms with Crippen molar-refractivity contribution in [3.63, 3.8) is 0 Å². The summed E-state index contributed by atoms with van der Waals surface area (Å²) in [6, 6.07) is 3.33. The summed E-state index contributed by atoms with van der Waals surface area (Å²) in [6.07, 6.45) is 0.423. The second-order valence-corrected chi connectivity index (χ2v) is 5.22. The van der Waals surface area contributed by atoms with Gasteiger partial charge in [-0.15, -0.1) is 0 Å². The molecule has 0 bridgehead atoms. The molecule has 0 aliphatic carbocycles. The summed E-state index contributed by atoms with van der Waals surface area (Å²) in [5.74, 6) is -0.825. The molecule has 21 heavy (non-hydrogen) atoms. The van der Waals surface area contributed by atoms with Crippen LogP contribution in [0.25, 0.3) is 0 Å². The third kappa shape index (κ3) is 2.72. The Morgan fingerprint density at radius 1 is 1.29 bits per heavy atom. The predicted octanol–water partition coefficient (Wildman–Crippen LogP) is 0.656. The third-order valence-electron chi connectivity index (χ3n) is 3.75. The lowest BCUT2D eigenvalue weighted by molar-refractivity contribution is -0.132. The van der Waals surface area contributed by atoms with E-state index in [1.165, 1.54) is 12.1 Å². The standard InChI is InChI=1S/C14H14FN3O3/c15-10-2-1-8-6-18(7-9(8)5-10)12(19)4-3-11-13(20)17-14(21)16-11/h1-2,5,11H,3-4,6-7H2,(H2,16,17,20,21). The predicted molar refractivity (Wildman–Crippen MR) is 70.4 cm³/mol. The Morgan fingerprint density at radius 2 is 2.05 bits per heavy atom. The summed E-state index contributed by atoms with van der Waals surface area (Å²) < 4.78 is 13.1. The lowest BCUT2D eigenvalue weighted by atomic mass is 10.1. The molecule has 1 saturated heterocycles. The van der Waals surface area contributed by atoms with Crippen molar-refractivity contribution >= 4 is 17.8 Å². The van der Waals surface area contributed by atoms with E-state index in [2.05, 4.69) is 10.6 Å². The SMILES string of the molecule is O=C1NC(=O)C(CCC(=O)N2Cc3ccc(F)cc3C2)N1. The van der Waals surface area contributed by atoms with Crippen LogP contribution < -0.4 is 10.6 Å². The molecule has 1 aromatic carbocycles. The average Bonchev–Trinajstić information content (AvgIpc) is 2.98. The van der Waals surface area contributed by atoms with E-state index in [9.17, 15) is 18.8 Å². The van der Waals surface area contributed by atoms with E-state index in [-0.39, 0.29) is 24.6 Å². The summed E-state index contributed by atoms with van der Waals surface area (Å²) in [6.45, 7) is 0.840. The van der Waals surface area contributed by atoms with E-state index in [4.69, 9.17) is 0 Å². The molecule has 0 aromatic heterocycles. The lowest BCUT2D eigenvalue weighted by Gasteiger charge is -2.16. The number of amides is 4. The first-order valence-corrected chi connectivity index (χ1v) is 6.69. The van der Waals surface area contributed by atoms with Gasteiger partial charge in [-0.1, -0.05) is 6.07 Å². The van der Waals surface area contributed by atoms with Crippen LogP contribution in [0, 0.1) is 5.82 Å². The number of hydrogen-bond acceptors (Lipinski definition) is 3. The molecule has 0 saturated carbocycles. The van der Waals surface area contributed by atoms with Crippen molar-refractivity contribution in [2.75, 3.05) is 0 Å². The van der Waals surface area contributed by atoms with Crippen LogP contribution in [-0.4, -0.2) is 28.8 Å². The van der Waals surface area contributed by atoms with Gasteiger partial charge in [0, 0.05) is 19.5 Å². The number of imide groups is 1. The number of carbonyl (C=O) groups is 3. The number of nitrogens with zero attached hydrogens (tertiary/aromatic N) is 1. The van der Waals surface area contributed by atoms with Gasteiger partial charge in [0.25, 0.3) is 5.91 Å². The maximum Gasteiger partial charge on any atom is 0.322 e. The molecule has 1 fully saturated rings. The van der Waals surface area contributed by atoms with Gasteiger partial charge in [0.05, 0.1) is 0 Å². The Bertz CT molecular complexity index is 632. The summed E-state index contributed by atoms with van der Waals surface area (Å²) in [7, 11) is 0. The van der Waals surface area contributed by atoms with E-state index >= 15 is 0 Å². The van der Waals surface area contributed by atoms with Gasteiger partial charge >= 0.3 is 6.03 Å². The molecule has 3 rings (SSSR count). The molecule has 110 valence electrons. The van der Waals surface area contributed by atoms with Crippen LogP contribution in [0.5, 0.6) is 0 Å². The normalized spacial score (nSPS) is 20.2. The molecule has 4 amide bonds. The zero-order chi connectivity index (χ0) is 15.0. The summed E-state index contributed by atoms with van der Waals surface area (Å²) in [5, 5.41) is 4.58. The van der Waals surface area contributed by atoms with Crippen LogP contribution in [0.4, 0.5) is 9.18 Å². The molecule has 1 atom stereocenters. The number of rotatable bonds is 3. The van der Waals surface area contributed by atoms with Crippen molar-refractivity contribution < 1.29 is 18.8 Å². The minimum absolute atomic E-state index is 0.111. The Morgan fingerprint density at radius 3 is 2.76 bits per heavy atom. The highest BCUT2D eigenvalue weighted by molar-refractivity contribution is 6.04. The van der Waals surface area contributed by atoms with Gasteiger partial charge in [-0.3, -0.25) is 14.9 Å². The molecule has 2 aliphatic heterocycles. The number of carbonyl (C=O) groups excluding carboxylic acids is 3. The van der Waals surface area contributed by atoms with Crippen molar-refractivity contribution in [2.24, 2.45) is 0 Å². The van der Waals surface area contributed by atoms with Gasteiger partial charge in [-0.2, -0.15) is 0 Å². The summed E-state index contributed by atoms with van der Waals surface area (Å²) >= 11 is 0. The van der Waals surface area contributed by atoms with Crippen LogP contribution in [-0.2, 0) is 22.7 Å². The Labute approximate surface area is 120 Å². The van der Waals surface area contributed by atoms with Gasteiger partial charge in [-0.25, -0.2) is 9.18 Å². The molecule has 7 heteroatoms. The first-order chi connectivity index (χ1) is 10.0. The fourth-order valence-corrected chi connectivity index (χ4v) is 2.63. The number of halogens is 1. The molecule has 0 spiro atoms. The average molecular weight is 291 g/mol. The number of urea groups is 1. The second-order valence-electron chi connectivity index (χ2n) is 5.22. The molecule has 0 radical (unpaired) electrons. The van der Waals surface area contributed by atoms with Gasteiger partial charge < -0.3 is 10.2 Å². The zero-order valence-electron chi connectivity index (χ0n) is 11.2. The van der Waals surface area contributed by atoms with E-state index in [1.54, 1.807) is 11.0 Å². The van der Waals surface area contributed by atoms with Gasteiger partial charge in [0.2, 0.25) is 5.91 Å². The maximum atomic E-state index is 13.1. The highest BCUT2D eigenvalue weighted by atomic mass is 19.1. The van der Waals surface area contributed by atoms with Crippen LogP contribution in [0.2, 0.25) is 0 Å². The fourth-order valence-electron chi connectivity index (χ4n) is 2.63. The van der Waals surface area contributed by atoms with Crippen LogP contribution >= 0.6 is 0 Å². The van der Waals surface area contributed by atoms with Crippen molar-refractivity contribution in [3.05, 3.63) is 35.1 Å². The van der Waals surface area contributed by atoms with Gasteiger partial charge in [0.1, 0.15) is 11.9 Å². The number of nitrogens with one attached hydrogen (secondary N) is 2. The zero-order valence-corrected chi connectivity index (χ0v) is 11.2. The van der Waals surface area contributed by atoms with E-state index in [0.717, 1.165) is 11.1 Å². The number of benzene rings is 1. The monoisotopic (exact) mass is 291 g/mol. The molecular formula is C14H14FN3O3. The van der Waals surface area contributed by atoms with Gasteiger partial charge in [0.15, 0.2) is 0 Å². The molecule has 6 nitrogen and oxygen atoms in total. The minimum atomic E-state index is -0.649. The van der Waals surface area contributed by atoms with E-state index in [0.29, 0.717) is 13.1 Å². The molecule has 1 aromatic rings. The van der Waals surface area contributed by atoms with Crippen molar-refractivity contribution in [3.8, 4) is 0 Å². The van der Waals surface area contributed by atoms with Gasteiger partial charge in [-0.05, 0) is 29.7 Å². The quantitative estimate of drug-likeness (QED) is 0.803. The number of hydrogen-bond donors (Lipinski definition) is 2. The highest BCUT2D eigenvalue weighted by Gasteiger charge is 2.31. The Hall–Kier alpha value is -2.44. The van der Waals surface area contributed by atoms with E-state index < -0.39 is 18.0 Å². The molecule has 2 N–H and O–H groups in total. The maximum absolute atomic E-state index is 13.1. The summed E-state index contributed by atoms with van der Waals surface area (Å²) in [4.78, 5) is 36.1. The largest absolute Gasteiger partial charge is 0.334 e. The first-order valence-electron chi connectivity index (χ1n) is 6.69. The second kappa shape index (κ2) is 5.16. The fraction of sp³-hybridized carbons (Fsp3) is 0.357. The Balaban J connectivity index is 1.56. The molecule has 1 unspecified atom stereocenters. The molecular weight excluding hydrogens is 277 g/mol. The van der Waals surface area contributed by atoms with Crippen LogP contribution in [0.1, 0.15) is 24.0 Å². The minimum Gasteiger partial charge on any atom is -0.334 e. The van der Waals surface area contributed by atoms with Crippen molar-refractivity contribution in [2.45, 2.75) is 32.0 Å². The first kappa shape index (κ1) is 13.5. The number of fused-ring (bicyclic) bond motifs is 1. The van der Waals surface area contributed by atoms with Crippen molar-refractivity contribution in [1.29, 1.82) is 0 Å².